The SMILES string of the molecule is COc1ccc(CC(=O)c2cc(OC)c3c(c2)OCCO3)cc1. The Morgan fingerprint density at radius 3 is 2.48 bits per heavy atom. The predicted molar refractivity (Wildman–Crippen MR) is 85.0 cm³/mol. The number of fused-ring (bicyclic) bond motifs is 1. The molecule has 0 radical (unpaired) electrons. The first-order chi connectivity index (χ1) is 11.2. The summed E-state index contributed by atoms with van der Waals surface area (Å²) >= 11 is 0. The average Bonchev–Trinajstić information content (AvgIpc) is 2.61. The lowest BCUT2D eigenvalue weighted by Gasteiger charge is -2.21. The first kappa shape index (κ1) is 15.2. The van der Waals surface area contributed by atoms with Crippen LogP contribution in [0.3, 0.4) is 0 Å². The van der Waals surface area contributed by atoms with E-state index in [1.807, 2.05) is 24.3 Å². The molecule has 0 bridgehead atoms. The number of rotatable bonds is 5. The summed E-state index contributed by atoms with van der Waals surface area (Å²) < 4.78 is 21.5. The summed E-state index contributed by atoms with van der Waals surface area (Å²) in [6.07, 6.45) is 0.298. The highest BCUT2D eigenvalue weighted by Crippen LogP contribution is 2.40. The number of carbonyl (C=O) groups is 1. The van der Waals surface area contributed by atoms with Crippen LogP contribution in [-0.4, -0.2) is 33.2 Å². The van der Waals surface area contributed by atoms with Crippen molar-refractivity contribution in [3.05, 3.63) is 47.5 Å². The van der Waals surface area contributed by atoms with Gasteiger partial charge < -0.3 is 18.9 Å². The largest absolute Gasteiger partial charge is 0.497 e. The van der Waals surface area contributed by atoms with E-state index < -0.39 is 0 Å². The van der Waals surface area contributed by atoms with E-state index in [4.69, 9.17) is 18.9 Å². The van der Waals surface area contributed by atoms with Gasteiger partial charge in [-0.1, -0.05) is 12.1 Å². The second kappa shape index (κ2) is 6.60. The van der Waals surface area contributed by atoms with Crippen LogP contribution in [0, 0.1) is 0 Å². The molecule has 0 spiro atoms. The summed E-state index contributed by atoms with van der Waals surface area (Å²) in [6.45, 7) is 0.939. The highest BCUT2D eigenvalue weighted by Gasteiger charge is 2.20. The number of benzene rings is 2. The lowest BCUT2D eigenvalue weighted by Crippen LogP contribution is -2.17. The van der Waals surface area contributed by atoms with Crippen molar-refractivity contribution in [2.24, 2.45) is 0 Å². The van der Waals surface area contributed by atoms with Crippen LogP contribution >= 0.6 is 0 Å². The van der Waals surface area contributed by atoms with E-state index >= 15 is 0 Å². The first-order valence-corrected chi connectivity index (χ1v) is 7.35. The standard InChI is InChI=1S/C18H18O5/c1-20-14-5-3-12(4-6-14)9-15(19)13-10-16(21-2)18-17(11-13)22-7-8-23-18/h3-6,10-11H,7-9H2,1-2H3. The van der Waals surface area contributed by atoms with E-state index in [0.29, 0.717) is 42.4 Å². The average molecular weight is 314 g/mol. The second-order valence-corrected chi connectivity index (χ2v) is 5.15. The van der Waals surface area contributed by atoms with E-state index in [9.17, 15) is 4.79 Å². The van der Waals surface area contributed by atoms with Crippen molar-refractivity contribution < 1.29 is 23.7 Å². The van der Waals surface area contributed by atoms with Crippen LogP contribution < -0.4 is 18.9 Å². The molecule has 3 rings (SSSR count). The van der Waals surface area contributed by atoms with Crippen molar-refractivity contribution in [1.82, 2.24) is 0 Å². The van der Waals surface area contributed by atoms with Crippen molar-refractivity contribution >= 4 is 5.78 Å². The lowest BCUT2D eigenvalue weighted by atomic mass is 10.0. The molecule has 0 amide bonds. The quantitative estimate of drug-likeness (QED) is 0.794. The van der Waals surface area contributed by atoms with E-state index in [1.54, 1.807) is 26.4 Å². The minimum Gasteiger partial charge on any atom is -0.497 e. The van der Waals surface area contributed by atoms with E-state index in [-0.39, 0.29) is 5.78 Å². The molecule has 0 saturated heterocycles. The van der Waals surface area contributed by atoms with Gasteiger partial charge in [-0.3, -0.25) is 4.79 Å². The Morgan fingerprint density at radius 1 is 1.04 bits per heavy atom. The number of ether oxygens (including phenoxy) is 4. The van der Waals surface area contributed by atoms with Crippen LogP contribution in [0.15, 0.2) is 36.4 Å². The summed E-state index contributed by atoms with van der Waals surface area (Å²) in [6, 6.07) is 10.8. The molecule has 5 heteroatoms. The molecule has 2 aromatic carbocycles. The van der Waals surface area contributed by atoms with Crippen LogP contribution in [0.2, 0.25) is 0 Å². The minimum atomic E-state index is -0.00885. The van der Waals surface area contributed by atoms with Crippen LogP contribution in [0.4, 0.5) is 0 Å². The number of methoxy groups -OCH3 is 2. The third-order valence-electron chi connectivity index (χ3n) is 3.67. The van der Waals surface area contributed by atoms with Gasteiger partial charge in [0, 0.05) is 12.0 Å². The maximum absolute atomic E-state index is 12.5. The zero-order valence-electron chi connectivity index (χ0n) is 13.1. The predicted octanol–water partition coefficient (Wildman–Crippen LogP) is 2.90. The normalized spacial score (nSPS) is 12.6. The van der Waals surface area contributed by atoms with Gasteiger partial charge in [-0.25, -0.2) is 0 Å². The molecule has 0 aromatic heterocycles. The Labute approximate surface area is 134 Å². The molecule has 0 saturated carbocycles. The number of ketones is 1. The summed E-state index contributed by atoms with van der Waals surface area (Å²) in [7, 11) is 3.16. The molecule has 120 valence electrons. The molecule has 0 N–H and O–H groups in total. The van der Waals surface area contributed by atoms with Crippen LogP contribution in [0.25, 0.3) is 0 Å². The molecule has 1 aliphatic rings. The van der Waals surface area contributed by atoms with Gasteiger partial charge in [0.2, 0.25) is 5.75 Å². The molecular weight excluding hydrogens is 296 g/mol. The van der Waals surface area contributed by atoms with Gasteiger partial charge in [0.1, 0.15) is 19.0 Å². The van der Waals surface area contributed by atoms with E-state index in [1.165, 1.54) is 0 Å². The number of hydrogen-bond acceptors (Lipinski definition) is 5. The van der Waals surface area contributed by atoms with Crippen LogP contribution in [0.1, 0.15) is 15.9 Å². The summed E-state index contributed by atoms with van der Waals surface area (Å²) in [5.41, 5.74) is 1.46. The fourth-order valence-electron chi connectivity index (χ4n) is 2.46. The third-order valence-corrected chi connectivity index (χ3v) is 3.67. The Bertz CT molecular complexity index is 689. The van der Waals surface area contributed by atoms with Gasteiger partial charge in [0.15, 0.2) is 17.3 Å². The molecule has 2 aromatic rings. The molecule has 23 heavy (non-hydrogen) atoms. The number of hydrogen-bond donors (Lipinski definition) is 0. The molecule has 0 atom stereocenters. The highest BCUT2D eigenvalue weighted by atomic mass is 16.6. The van der Waals surface area contributed by atoms with Gasteiger partial charge in [0.25, 0.3) is 0 Å². The van der Waals surface area contributed by atoms with Crippen molar-refractivity contribution in [2.75, 3.05) is 27.4 Å². The zero-order valence-corrected chi connectivity index (χ0v) is 13.1. The lowest BCUT2D eigenvalue weighted by molar-refractivity contribution is 0.0991. The van der Waals surface area contributed by atoms with E-state index in [0.717, 1.165) is 11.3 Å². The van der Waals surface area contributed by atoms with Gasteiger partial charge in [-0.15, -0.1) is 0 Å². The molecule has 0 fully saturated rings. The smallest absolute Gasteiger partial charge is 0.203 e. The number of carbonyl (C=O) groups excluding carboxylic acids is 1. The zero-order chi connectivity index (χ0) is 16.2. The van der Waals surface area contributed by atoms with Crippen molar-refractivity contribution in [3.63, 3.8) is 0 Å². The molecule has 1 heterocycles. The van der Waals surface area contributed by atoms with Crippen molar-refractivity contribution in [1.29, 1.82) is 0 Å². The van der Waals surface area contributed by atoms with Crippen LogP contribution in [-0.2, 0) is 6.42 Å². The molecule has 5 nitrogen and oxygen atoms in total. The van der Waals surface area contributed by atoms with Crippen LogP contribution in [0.5, 0.6) is 23.0 Å². The Hall–Kier alpha value is -2.69. The van der Waals surface area contributed by atoms with E-state index in [2.05, 4.69) is 0 Å². The Balaban J connectivity index is 1.83. The molecule has 0 unspecified atom stereocenters. The summed E-state index contributed by atoms with van der Waals surface area (Å²) in [4.78, 5) is 12.5. The summed E-state index contributed by atoms with van der Waals surface area (Å²) in [5.74, 6) is 2.38. The first-order valence-electron chi connectivity index (χ1n) is 7.35. The maximum Gasteiger partial charge on any atom is 0.203 e. The third kappa shape index (κ3) is 3.23. The van der Waals surface area contributed by atoms with Gasteiger partial charge in [0.05, 0.1) is 14.2 Å². The molecule has 0 aliphatic carbocycles. The fourth-order valence-corrected chi connectivity index (χ4v) is 2.46. The monoisotopic (exact) mass is 314 g/mol. The van der Waals surface area contributed by atoms with Gasteiger partial charge in [-0.2, -0.15) is 0 Å². The van der Waals surface area contributed by atoms with Crippen molar-refractivity contribution in [2.45, 2.75) is 6.42 Å². The minimum absolute atomic E-state index is 0.00885. The summed E-state index contributed by atoms with van der Waals surface area (Å²) in [5, 5.41) is 0. The second-order valence-electron chi connectivity index (χ2n) is 5.15. The molecular formula is C18H18O5. The van der Waals surface area contributed by atoms with Gasteiger partial charge in [-0.05, 0) is 29.8 Å². The van der Waals surface area contributed by atoms with Gasteiger partial charge >= 0.3 is 0 Å². The maximum atomic E-state index is 12.5. The fraction of sp³-hybridized carbons (Fsp3) is 0.278. The number of Topliss-reactive ketones (excluding diaryl/α,β-unsaturated/α-hetero) is 1. The molecule has 1 aliphatic heterocycles. The topological polar surface area (TPSA) is 54.0 Å². The Morgan fingerprint density at radius 2 is 1.78 bits per heavy atom. The van der Waals surface area contributed by atoms with Crippen molar-refractivity contribution in [3.8, 4) is 23.0 Å². The Kier molecular flexibility index (Phi) is 4.37. The highest BCUT2D eigenvalue weighted by molar-refractivity contribution is 5.98.